The van der Waals surface area contributed by atoms with Gasteiger partial charge in [0.15, 0.2) is 0 Å². The van der Waals surface area contributed by atoms with Gasteiger partial charge in [0.1, 0.15) is 12.4 Å². The van der Waals surface area contributed by atoms with E-state index >= 15 is 0 Å². The van der Waals surface area contributed by atoms with Crippen LogP contribution in [-0.2, 0) is 0 Å². The zero-order chi connectivity index (χ0) is 16.3. The Morgan fingerprint density at radius 2 is 1.96 bits per heavy atom. The molecule has 0 atom stereocenters. The van der Waals surface area contributed by atoms with E-state index in [-0.39, 0.29) is 0 Å². The summed E-state index contributed by atoms with van der Waals surface area (Å²) in [5.41, 5.74) is 4.07. The van der Waals surface area contributed by atoms with Crippen molar-refractivity contribution < 1.29 is 4.52 Å². The zero-order valence-corrected chi connectivity index (χ0v) is 13.7. The molecule has 0 unspecified atom stereocenters. The van der Waals surface area contributed by atoms with Crippen LogP contribution in [0.5, 0.6) is 0 Å². The summed E-state index contributed by atoms with van der Waals surface area (Å²) in [4.78, 5) is 11.4. The maximum Gasteiger partial charge on any atom is 0.230 e. The maximum atomic E-state index is 5.41. The lowest BCUT2D eigenvalue weighted by Gasteiger charge is -2.37. The van der Waals surface area contributed by atoms with Crippen LogP contribution < -0.4 is 9.91 Å². The Balaban J connectivity index is 1.56. The molecule has 0 spiro atoms. The predicted octanol–water partition coefficient (Wildman–Crippen LogP) is 2.35. The number of rotatable bonds is 3. The first-order valence-electron chi connectivity index (χ1n) is 8.16. The Labute approximate surface area is 139 Å². The van der Waals surface area contributed by atoms with Gasteiger partial charge in [0.05, 0.1) is 17.1 Å². The van der Waals surface area contributed by atoms with Gasteiger partial charge in [-0.1, -0.05) is 17.3 Å². The van der Waals surface area contributed by atoms with Crippen molar-refractivity contribution >= 4 is 17.1 Å². The second-order valence-corrected chi connectivity index (χ2v) is 6.50. The van der Waals surface area contributed by atoms with Gasteiger partial charge >= 0.3 is 0 Å². The van der Waals surface area contributed by atoms with E-state index in [4.69, 9.17) is 4.52 Å². The largest absolute Gasteiger partial charge is 0.339 e. The minimum Gasteiger partial charge on any atom is -0.339 e. The first-order chi connectivity index (χ1) is 11.7. The molecule has 2 aromatic rings. The molecule has 7 nitrogen and oxygen atoms in total. The summed E-state index contributed by atoms with van der Waals surface area (Å²) < 4.78 is 5.41. The highest BCUT2D eigenvalue weighted by Crippen LogP contribution is 2.41. The first-order valence-corrected chi connectivity index (χ1v) is 8.16. The van der Waals surface area contributed by atoms with Gasteiger partial charge in [0.2, 0.25) is 11.7 Å². The van der Waals surface area contributed by atoms with Crippen LogP contribution in [0.4, 0.5) is 11.4 Å². The normalized spacial score (nSPS) is 19.3. The Hall–Kier alpha value is -2.67. The molecule has 1 saturated carbocycles. The van der Waals surface area contributed by atoms with Gasteiger partial charge < -0.3 is 9.42 Å². The summed E-state index contributed by atoms with van der Waals surface area (Å²) in [5.74, 6) is 1.78. The van der Waals surface area contributed by atoms with Crippen LogP contribution in [0, 0.1) is 0 Å². The summed E-state index contributed by atoms with van der Waals surface area (Å²) in [5, 5.41) is 8.32. The van der Waals surface area contributed by atoms with Crippen molar-refractivity contribution in [2.75, 3.05) is 30.7 Å². The standard InChI is InChI=1S/C17H18N6O/c1-21(2)23-9-14-15(16-19-17(24-20-16)11-7-8-11)18-10-22(14)12-5-3-4-6-13(12)23/h3-6,9,11H,7-8,10H2,1-2H3. The molecular formula is C17H18N6O. The second-order valence-electron chi connectivity index (χ2n) is 6.50. The Morgan fingerprint density at radius 1 is 1.17 bits per heavy atom. The number of benzene rings is 1. The molecule has 1 aromatic heterocycles. The average Bonchev–Trinajstić information content (AvgIpc) is 3.17. The highest BCUT2D eigenvalue weighted by Gasteiger charge is 2.36. The molecule has 3 aliphatic rings. The second kappa shape index (κ2) is 4.91. The Morgan fingerprint density at radius 3 is 2.71 bits per heavy atom. The van der Waals surface area contributed by atoms with Crippen molar-refractivity contribution in [3.05, 3.63) is 47.9 Å². The maximum absolute atomic E-state index is 5.41. The van der Waals surface area contributed by atoms with Crippen molar-refractivity contribution in [3.63, 3.8) is 0 Å². The third-order valence-corrected chi connectivity index (χ3v) is 4.58. The number of hydrazine groups is 1. The fourth-order valence-corrected chi connectivity index (χ4v) is 3.18. The molecule has 5 rings (SSSR count). The smallest absolute Gasteiger partial charge is 0.230 e. The van der Waals surface area contributed by atoms with E-state index < -0.39 is 0 Å². The number of hydrogen-bond acceptors (Lipinski definition) is 7. The summed E-state index contributed by atoms with van der Waals surface area (Å²) in [6.07, 6.45) is 4.37. The highest BCUT2D eigenvalue weighted by atomic mass is 16.5. The topological polar surface area (TPSA) is 61.0 Å². The van der Waals surface area contributed by atoms with Crippen LogP contribution in [0.25, 0.3) is 0 Å². The van der Waals surface area contributed by atoms with Gasteiger partial charge in [-0.25, -0.2) is 5.01 Å². The van der Waals surface area contributed by atoms with Crippen molar-refractivity contribution in [3.8, 4) is 0 Å². The molecule has 2 aliphatic heterocycles. The Kier molecular flexibility index (Phi) is 2.81. The molecule has 0 bridgehead atoms. The molecule has 0 amide bonds. The highest BCUT2D eigenvalue weighted by molar-refractivity contribution is 6.15. The van der Waals surface area contributed by atoms with Crippen LogP contribution in [0.2, 0.25) is 0 Å². The quantitative estimate of drug-likeness (QED) is 0.864. The lowest BCUT2D eigenvalue weighted by atomic mass is 10.1. The lowest BCUT2D eigenvalue weighted by Crippen LogP contribution is -2.39. The van der Waals surface area contributed by atoms with Crippen molar-refractivity contribution in [1.29, 1.82) is 0 Å². The third-order valence-electron chi connectivity index (χ3n) is 4.58. The van der Waals surface area contributed by atoms with Crippen molar-refractivity contribution in [1.82, 2.24) is 15.1 Å². The molecule has 1 aliphatic carbocycles. The third kappa shape index (κ3) is 1.98. The van der Waals surface area contributed by atoms with Gasteiger partial charge in [-0.15, -0.1) is 0 Å². The van der Waals surface area contributed by atoms with Gasteiger partial charge in [-0.05, 0) is 25.0 Å². The number of aromatic nitrogens is 2. The van der Waals surface area contributed by atoms with E-state index in [9.17, 15) is 0 Å². The van der Waals surface area contributed by atoms with Crippen LogP contribution in [0.15, 0.2) is 45.7 Å². The number of fused-ring (bicyclic) bond motifs is 3. The summed E-state index contributed by atoms with van der Waals surface area (Å²) >= 11 is 0. The number of aliphatic imine (C=N–C) groups is 1. The van der Waals surface area contributed by atoms with Crippen LogP contribution in [-0.4, -0.2) is 41.6 Å². The van der Waals surface area contributed by atoms with Gasteiger partial charge in [0.25, 0.3) is 0 Å². The molecular weight excluding hydrogens is 304 g/mol. The van der Waals surface area contributed by atoms with E-state index in [1.165, 1.54) is 0 Å². The zero-order valence-electron chi connectivity index (χ0n) is 13.7. The van der Waals surface area contributed by atoms with Crippen LogP contribution in [0.3, 0.4) is 0 Å². The fraction of sp³-hybridized carbons (Fsp3) is 0.353. The number of nitrogens with zero attached hydrogens (tertiary/aromatic N) is 6. The predicted molar refractivity (Wildman–Crippen MR) is 90.8 cm³/mol. The van der Waals surface area contributed by atoms with Crippen LogP contribution >= 0.6 is 0 Å². The number of anilines is 2. The number of para-hydroxylation sites is 2. The molecule has 7 heteroatoms. The summed E-state index contributed by atoms with van der Waals surface area (Å²) in [6, 6.07) is 8.32. The SMILES string of the molecule is CN(C)N1C=C2C(c3noc(C4CC4)n3)=NCN2c2ccccc21. The molecule has 122 valence electrons. The fourth-order valence-electron chi connectivity index (χ4n) is 3.18. The van der Waals surface area contributed by atoms with Crippen LogP contribution in [0.1, 0.15) is 30.5 Å². The minimum absolute atomic E-state index is 0.448. The summed E-state index contributed by atoms with van der Waals surface area (Å²) in [7, 11) is 4.05. The summed E-state index contributed by atoms with van der Waals surface area (Å²) in [6.45, 7) is 0.576. The van der Waals surface area contributed by atoms with Gasteiger partial charge in [-0.3, -0.25) is 10.0 Å². The Bertz CT molecular complexity index is 863. The van der Waals surface area contributed by atoms with Crippen molar-refractivity contribution in [2.45, 2.75) is 18.8 Å². The molecule has 1 fully saturated rings. The average molecular weight is 322 g/mol. The van der Waals surface area contributed by atoms with Crippen molar-refractivity contribution in [2.24, 2.45) is 4.99 Å². The van der Waals surface area contributed by atoms with Gasteiger partial charge in [0, 0.05) is 26.2 Å². The molecule has 0 radical (unpaired) electrons. The molecule has 1 aromatic carbocycles. The van der Waals surface area contributed by atoms with Gasteiger partial charge in [-0.2, -0.15) is 4.98 Å². The molecule has 24 heavy (non-hydrogen) atoms. The van der Waals surface area contributed by atoms with E-state index in [2.05, 4.69) is 43.4 Å². The van der Waals surface area contributed by atoms with E-state index in [1.54, 1.807) is 0 Å². The molecule has 0 N–H and O–H groups in total. The number of hydrogen-bond donors (Lipinski definition) is 0. The monoisotopic (exact) mass is 322 g/mol. The molecule has 0 saturated heterocycles. The van der Waals surface area contributed by atoms with E-state index in [0.717, 1.165) is 41.5 Å². The molecule has 3 heterocycles. The van der Waals surface area contributed by atoms with E-state index in [1.807, 2.05) is 31.2 Å². The lowest BCUT2D eigenvalue weighted by molar-refractivity contribution is 0.378. The van der Waals surface area contributed by atoms with E-state index in [0.29, 0.717) is 18.4 Å². The minimum atomic E-state index is 0.448. The number of allylic oxidation sites excluding steroid dienone is 1. The first kappa shape index (κ1) is 13.7.